The Morgan fingerprint density at radius 3 is 2.67 bits per heavy atom. The Kier molecular flexibility index (Phi) is 1.92. The molecule has 1 aliphatic rings. The van der Waals surface area contributed by atoms with Crippen LogP contribution in [0.25, 0.3) is 0 Å². The van der Waals surface area contributed by atoms with Crippen molar-refractivity contribution in [3.05, 3.63) is 23.8 Å². The Balaban J connectivity index is 2.56. The molecule has 15 heavy (non-hydrogen) atoms. The number of nitrogens with one attached hydrogen (secondary N) is 1. The van der Waals surface area contributed by atoms with Gasteiger partial charge in [0.15, 0.2) is 17.2 Å². The highest BCUT2D eigenvalue weighted by atomic mass is 19.2. The molecule has 1 aromatic carbocycles. The quantitative estimate of drug-likeness (QED) is 0.716. The van der Waals surface area contributed by atoms with Crippen molar-refractivity contribution in [3.8, 4) is 5.75 Å². The Hall–Kier alpha value is -1.65. The van der Waals surface area contributed by atoms with Crippen molar-refractivity contribution in [1.82, 2.24) is 0 Å². The van der Waals surface area contributed by atoms with E-state index >= 15 is 0 Å². The summed E-state index contributed by atoms with van der Waals surface area (Å²) in [5.74, 6) is -2.72. The van der Waals surface area contributed by atoms with Crippen molar-refractivity contribution in [1.29, 1.82) is 0 Å². The fourth-order valence-electron chi connectivity index (χ4n) is 1.30. The molecular weight excluding hydrogens is 204 g/mol. The number of fused-ring (bicyclic) bond motifs is 1. The van der Waals surface area contributed by atoms with Gasteiger partial charge in [-0.3, -0.25) is 4.79 Å². The normalized spacial score (nSPS) is 17.7. The summed E-state index contributed by atoms with van der Waals surface area (Å²) in [7, 11) is 0. The number of carbonyl (C=O) groups excluding carboxylic acids is 1. The number of amides is 1. The third-order valence-corrected chi connectivity index (χ3v) is 2.20. The molecule has 5 heteroatoms. The van der Waals surface area contributed by atoms with Gasteiger partial charge in [0.2, 0.25) is 5.82 Å². The van der Waals surface area contributed by atoms with Gasteiger partial charge in [0.1, 0.15) is 0 Å². The van der Waals surface area contributed by atoms with Crippen molar-refractivity contribution in [2.45, 2.75) is 19.4 Å². The first-order chi connectivity index (χ1) is 6.92. The summed E-state index contributed by atoms with van der Waals surface area (Å²) in [6.45, 7) is 2.96. The molecule has 0 fully saturated rings. The van der Waals surface area contributed by atoms with Crippen LogP contribution < -0.4 is 10.1 Å². The van der Waals surface area contributed by atoms with Gasteiger partial charge < -0.3 is 10.1 Å². The summed E-state index contributed by atoms with van der Waals surface area (Å²) in [5.41, 5.74) is -1.04. The second-order valence-electron chi connectivity index (χ2n) is 3.80. The van der Waals surface area contributed by atoms with Crippen LogP contribution in [0.4, 0.5) is 14.5 Å². The van der Waals surface area contributed by atoms with Crippen molar-refractivity contribution in [2.24, 2.45) is 0 Å². The van der Waals surface area contributed by atoms with Crippen molar-refractivity contribution >= 4 is 11.6 Å². The molecule has 0 radical (unpaired) electrons. The van der Waals surface area contributed by atoms with Gasteiger partial charge in [-0.2, -0.15) is 4.39 Å². The fraction of sp³-hybridized carbons (Fsp3) is 0.300. The maximum absolute atomic E-state index is 13.3. The summed E-state index contributed by atoms with van der Waals surface area (Å²) in [4.78, 5) is 11.4. The standard InChI is InChI=1S/C10H9F2NO2/c1-10(2)9(14)13-6-4-3-5(11)7(12)8(6)15-10/h3-4H,1-2H3,(H,13,14). The summed E-state index contributed by atoms with van der Waals surface area (Å²) < 4.78 is 31.3. The molecule has 0 bridgehead atoms. The highest BCUT2D eigenvalue weighted by molar-refractivity contribution is 6.00. The average Bonchev–Trinajstić information content (AvgIpc) is 2.15. The van der Waals surface area contributed by atoms with Gasteiger partial charge in [0, 0.05) is 0 Å². The summed E-state index contributed by atoms with van der Waals surface area (Å²) in [5, 5.41) is 2.45. The monoisotopic (exact) mass is 213 g/mol. The Morgan fingerprint density at radius 2 is 2.00 bits per heavy atom. The van der Waals surface area contributed by atoms with Crippen molar-refractivity contribution < 1.29 is 18.3 Å². The van der Waals surface area contributed by atoms with E-state index in [1.54, 1.807) is 0 Å². The van der Waals surface area contributed by atoms with E-state index in [2.05, 4.69) is 5.32 Å². The van der Waals surface area contributed by atoms with Crippen LogP contribution in [0.1, 0.15) is 13.8 Å². The van der Waals surface area contributed by atoms with Crippen LogP contribution in [-0.4, -0.2) is 11.5 Å². The van der Waals surface area contributed by atoms with Crippen molar-refractivity contribution in [3.63, 3.8) is 0 Å². The molecule has 0 atom stereocenters. The lowest BCUT2D eigenvalue weighted by molar-refractivity contribution is -0.129. The molecule has 1 amide bonds. The molecule has 0 saturated carbocycles. The fourth-order valence-corrected chi connectivity index (χ4v) is 1.30. The van der Waals surface area contributed by atoms with Gasteiger partial charge >= 0.3 is 0 Å². The lowest BCUT2D eigenvalue weighted by Gasteiger charge is -2.31. The minimum absolute atomic E-state index is 0.151. The van der Waals surface area contributed by atoms with Crippen LogP contribution >= 0.6 is 0 Å². The molecule has 1 aliphatic heterocycles. The van der Waals surface area contributed by atoms with Gasteiger partial charge in [-0.25, -0.2) is 4.39 Å². The third kappa shape index (κ3) is 1.44. The van der Waals surface area contributed by atoms with Crippen LogP contribution in [0.5, 0.6) is 5.75 Å². The molecular formula is C10H9F2NO2. The number of halogens is 2. The van der Waals surface area contributed by atoms with Crippen LogP contribution in [0, 0.1) is 11.6 Å². The molecule has 1 N–H and O–H groups in total. The molecule has 3 nitrogen and oxygen atoms in total. The topological polar surface area (TPSA) is 38.3 Å². The SMILES string of the molecule is CC1(C)Oc2c(ccc(F)c2F)NC1=O. The largest absolute Gasteiger partial charge is 0.473 e. The zero-order valence-electron chi connectivity index (χ0n) is 8.23. The molecule has 0 saturated heterocycles. The highest BCUT2D eigenvalue weighted by Crippen LogP contribution is 2.36. The maximum atomic E-state index is 13.3. The maximum Gasteiger partial charge on any atom is 0.268 e. The van der Waals surface area contributed by atoms with E-state index in [0.29, 0.717) is 0 Å². The van der Waals surface area contributed by atoms with Crippen LogP contribution in [0.15, 0.2) is 12.1 Å². The second-order valence-corrected chi connectivity index (χ2v) is 3.80. The first-order valence-corrected chi connectivity index (χ1v) is 4.40. The summed E-state index contributed by atoms with van der Waals surface area (Å²) in [6, 6.07) is 2.21. The molecule has 1 aromatic rings. The van der Waals surface area contributed by atoms with E-state index in [1.807, 2.05) is 0 Å². The van der Waals surface area contributed by atoms with E-state index in [9.17, 15) is 13.6 Å². The summed E-state index contributed by atoms with van der Waals surface area (Å²) in [6.07, 6.45) is 0. The van der Waals surface area contributed by atoms with E-state index in [0.717, 1.165) is 6.07 Å². The van der Waals surface area contributed by atoms with Gasteiger partial charge in [-0.05, 0) is 26.0 Å². The smallest absolute Gasteiger partial charge is 0.268 e. The number of ether oxygens (including phenoxy) is 1. The van der Waals surface area contributed by atoms with E-state index in [4.69, 9.17) is 4.74 Å². The zero-order valence-corrected chi connectivity index (χ0v) is 8.23. The molecule has 0 spiro atoms. The Bertz CT molecular complexity index is 443. The average molecular weight is 213 g/mol. The Morgan fingerprint density at radius 1 is 1.33 bits per heavy atom. The lowest BCUT2D eigenvalue weighted by Crippen LogP contribution is -2.46. The van der Waals surface area contributed by atoms with Gasteiger partial charge in [0.05, 0.1) is 5.69 Å². The molecule has 2 rings (SSSR count). The molecule has 0 aromatic heterocycles. The minimum atomic E-state index is -1.19. The minimum Gasteiger partial charge on any atom is -0.473 e. The van der Waals surface area contributed by atoms with Gasteiger partial charge in [-0.1, -0.05) is 0 Å². The summed E-state index contributed by atoms with van der Waals surface area (Å²) >= 11 is 0. The van der Waals surface area contributed by atoms with Crippen LogP contribution in [0.3, 0.4) is 0 Å². The van der Waals surface area contributed by atoms with E-state index < -0.39 is 17.2 Å². The van der Waals surface area contributed by atoms with Gasteiger partial charge in [0.25, 0.3) is 5.91 Å². The van der Waals surface area contributed by atoms with Crippen LogP contribution in [0.2, 0.25) is 0 Å². The first-order valence-electron chi connectivity index (χ1n) is 4.40. The van der Waals surface area contributed by atoms with E-state index in [-0.39, 0.29) is 17.3 Å². The third-order valence-electron chi connectivity index (χ3n) is 2.20. The molecule has 0 unspecified atom stereocenters. The lowest BCUT2D eigenvalue weighted by atomic mass is 10.1. The Labute approximate surface area is 85.0 Å². The number of hydrogen-bond donors (Lipinski definition) is 1. The number of benzene rings is 1. The van der Waals surface area contributed by atoms with E-state index in [1.165, 1.54) is 19.9 Å². The zero-order chi connectivity index (χ0) is 11.2. The molecule has 1 heterocycles. The number of rotatable bonds is 0. The highest BCUT2D eigenvalue weighted by Gasteiger charge is 2.37. The van der Waals surface area contributed by atoms with Gasteiger partial charge in [-0.15, -0.1) is 0 Å². The number of hydrogen-bond acceptors (Lipinski definition) is 2. The van der Waals surface area contributed by atoms with Crippen LogP contribution in [-0.2, 0) is 4.79 Å². The van der Waals surface area contributed by atoms with Crippen molar-refractivity contribution in [2.75, 3.05) is 5.32 Å². The number of carbonyl (C=O) groups is 1. The molecule has 0 aliphatic carbocycles. The first kappa shape index (κ1) is 9.89. The predicted molar refractivity (Wildman–Crippen MR) is 49.7 cm³/mol. The number of anilines is 1. The molecule has 80 valence electrons. The second kappa shape index (κ2) is 2.92. The predicted octanol–water partition coefficient (Wildman–Crippen LogP) is 2.07.